The molecule has 0 amide bonds. The van der Waals surface area contributed by atoms with Crippen molar-refractivity contribution in [2.24, 2.45) is 5.73 Å². The van der Waals surface area contributed by atoms with Gasteiger partial charge in [0.15, 0.2) is 5.17 Å². The summed E-state index contributed by atoms with van der Waals surface area (Å²) < 4.78 is 1.23. The molecule has 0 unspecified atom stereocenters. The van der Waals surface area contributed by atoms with Gasteiger partial charge in [0.25, 0.3) is 0 Å². The van der Waals surface area contributed by atoms with Gasteiger partial charge in [0.2, 0.25) is 0 Å². The summed E-state index contributed by atoms with van der Waals surface area (Å²) in [6.07, 6.45) is 0. The number of amidine groups is 1. The Labute approximate surface area is 89.6 Å². The van der Waals surface area contributed by atoms with Crippen LogP contribution in [-0.4, -0.2) is 5.17 Å². The molecule has 0 bridgehead atoms. The lowest BCUT2D eigenvalue weighted by molar-refractivity contribution is 1.40. The van der Waals surface area contributed by atoms with E-state index in [9.17, 15) is 0 Å². The molecule has 0 aliphatic rings. The molecule has 0 aliphatic heterocycles. The molecule has 12 heavy (non-hydrogen) atoms. The van der Waals surface area contributed by atoms with Gasteiger partial charge in [-0.2, -0.15) is 0 Å². The molecule has 0 saturated carbocycles. The summed E-state index contributed by atoms with van der Waals surface area (Å²) in [5.74, 6) is 0.784. The van der Waals surface area contributed by atoms with Gasteiger partial charge in [-0.05, 0) is 40.3 Å². The van der Waals surface area contributed by atoms with E-state index in [0.29, 0.717) is 0 Å². The number of thioether (sulfide) groups is 1. The minimum atomic E-state index is 0.175. The van der Waals surface area contributed by atoms with Crippen molar-refractivity contribution in [3.05, 3.63) is 33.4 Å². The van der Waals surface area contributed by atoms with E-state index in [2.05, 4.69) is 46.9 Å². The topological polar surface area (TPSA) is 49.9 Å². The van der Waals surface area contributed by atoms with Gasteiger partial charge in [-0.3, -0.25) is 5.41 Å². The zero-order valence-corrected chi connectivity index (χ0v) is 9.35. The Morgan fingerprint density at radius 2 is 2.00 bits per heavy atom. The van der Waals surface area contributed by atoms with Crippen molar-refractivity contribution in [2.75, 3.05) is 0 Å². The Morgan fingerprint density at radius 3 is 2.50 bits per heavy atom. The Hall–Kier alpha value is -0.230. The molecule has 0 spiro atoms. The number of hydrogen-bond donors (Lipinski definition) is 2. The zero-order chi connectivity index (χ0) is 8.97. The van der Waals surface area contributed by atoms with Crippen LogP contribution in [-0.2, 0) is 5.75 Å². The van der Waals surface area contributed by atoms with E-state index < -0.39 is 0 Å². The van der Waals surface area contributed by atoms with Crippen LogP contribution >= 0.6 is 34.4 Å². The molecular formula is C8H9IN2S. The number of hydrogen-bond acceptors (Lipinski definition) is 2. The predicted octanol–water partition coefficient (Wildman–Crippen LogP) is 2.42. The van der Waals surface area contributed by atoms with Crippen LogP contribution in [0.15, 0.2) is 24.3 Å². The quantitative estimate of drug-likeness (QED) is 0.499. The van der Waals surface area contributed by atoms with E-state index >= 15 is 0 Å². The third-order valence-corrected chi connectivity index (χ3v) is 2.82. The fourth-order valence-electron chi connectivity index (χ4n) is 0.742. The van der Waals surface area contributed by atoms with Gasteiger partial charge in [-0.15, -0.1) is 0 Å². The SMILES string of the molecule is N=C(N)SCc1ccc(I)cc1. The van der Waals surface area contributed by atoms with E-state index in [1.165, 1.54) is 20.9 Å². The standard InChI is InChI=1S/C8H9IN2S/c9-7-3-1-6(2-4-7)5-12-8(10)11/h1-4H,5H2,(H3,10,11). The highest BCUT2D eigenvalue weighted by atomic mass is 127. The van der Waals surface area contributed by atoms with Crippen molar-refractivity contribution >= 4 is 39.5 Å². The summed E-state index contributed by atoms with van der Waals surface area (Å²) in [6.45, 7) is 0. The largest absolute Gasteiger partial charge is 0.379 e. The summed E-state index contributed by atoms with van der Waals surface area (Å²) in [7, 11) is 0. The first-order chi connectivity index (χ1) is 5.68. The summed E-state index contributed by atoms with van der Waals surface area (Å²) in [5, 5.41) is 7.20. The summed E-state index contributed by atoms with van der Waals surface area (Å²) in [6, 6.07) is 8.21. The van der Waals surface area contributed by atoms with Gasteiger partial charge in [0.05, 0.1) is 0 Å². The van der Waals surface area contributed by atoms with Gasteiger partial charge in [0.1, 0.15) is 0 Å². The molecule has 3 N–H and O–H groups in total. The Bertz CT molecular complexity index is 271. The van der Waals surface area contributed by atoms with E-state index in [-0.39, 0.29) is 5.17 Å². The van der Waals surface area contributed by atoms with Crippen LogP contribution in [0.1, 0.15) is 5.56 Å². The van der Waals surface area contributed by atoms with Gasteiger partial charge in [-0.25, -0.2) is 0 Å². The third kappa shape index (κ3) is 3.44. The molecule has 0 atom stereocenters. The molecule has 64 valence electrons. The van der Waals surface area contributed by atoms with Crippen LogP contribution in [0.25, 0.3) is 0 Å². The Balaban J connectivity index is 2.53. The molecule has 0 fully saturated rings. The minimum absolute atomic E-state index is 0.175. The van der Waals surface area contributed by atoms with Crippen molar-refractivity contribution in [2.45, 2.75) is 5.75 Å². The zero-order valence-electron chi connectivity index (χ0n) is 6.38. The first-order valence-corrected chi connectivity index (χ1v) is 5.46. The number of halogens is 1. The van der Waals surface area contributed by atoms with E-state index in [4.69, 9.17) is 11.1 Å². The smallest absolute Gasteiger partial charge is 0.151 e. The molecule has 1 aromatic rings. The van der Waals surface area contributed by atoms with Gasteiger partial charge < -0.3 is 5.73 Å². The maximum Gasteiger partial charge on any atom is 0.151 e. The Morgan fingerprint density at radius 1 is 1.42 bits per heavy atom. The second-order valence-electron chi connectivity index (χ2n) is 2.28. The maximum absolute atomic E-state index is 7.03. The van der Waals surface area contributed by atoms with Gasteiger partial charge >= 0.3 is 0 Å². The molecule has 0 aliphatic carbocycles. The first-order valence-electron chi connectivity index (χ1n) is 3.40. The van der Waals surface area contributed by atoms with Crippen molar-refractivity contribution in [1.29, 1.82) is 5.41 Å². The second kappa shape index (κ2) is 4.71. The fraction of sp³-hybridized carbons (Fsp3) is 0.125. The highest BCUT2D eigenvalue weighted by molar-refractivity contribution is 14.1. The molecule has 0 saturated heterocycles. The molecule has 0 radical (unpaired) electrons. The predicted molar refractivity (Wildman–Crippen MR) is 62.4 cm³/mol. The normalized spacial score (nSPS) is 9.75. The van der Waals surface area contributed by atoms with Crippen molar-refractivity contribution in [3.8, 4) is 0 Å². The molecule has 0 aromatic heterocycles. The summed E-state index contributed by atoms with van der Waals surface area (Å²) in [5.41, 5.74) is 6.42. The minimum Gasteiger partial charge on any atom is -0.379 e. The Kier molecular flexibility index (Phi) is 3.87. The molecular weight excluding hydrogens is 283 g/mol. The average molecular weight is 292 g/mol. The van der Waals surface area contributed by atoms with Crippen molar-refractivity contribution in [3.63, 3.8) is 0 Å². The van der Waals surface area contributed by atoms with E-state index in [1.54, 1.807) is 0 Å². The van der Waals surface area contributed by atoms with Gasteiger partial charge in [0, 0.05) is 9.32 Å². The number of nitrogens with one attached hydrogen (secondary N) is 1. The molecule has 2 nitrogen and oxygen atoms in total. The van der Waals surface area contributed by atoms with Crippen molar-refractivity contribution in [1.82, 2.24) is 0 Å². The average Bonchev–Trinajstić information content (AvgIpc) is 2.03. The number of nitrogens with two attached hydrogens (primary N) is 1. The van der Waals surface area contributed by atoms with Crippen LogP contribution in [0.2, 0.25) is 0 Å². The van der Waals surface area contributed by atoms with Crippen LogP contribution in [0.3, 0.4) is 0 Å². The van der Waals surface area contributed by atoms with Gasteiger partial charge in [-0.1, -0.05) is 23.9 Å². The third-order valence-electron chi connectivity index (χ3n) is 1.31. The van der Waals surface area contributed by atoms with E-state index in [1.807, 2.05) is 0 Å². The van der Waals surface area contributed by atoms with Crippen LogP contribution < -0.4 is 5.73 Å². The van der Waals surface area contributed by atoms with E-state index in [0.717, 1.165) is 5.75 Å². The fourth-order valence-corrected chi connectivity index (χ4v) is 1.62. The number of benzene rings is 1. The summed E-state index contributed by atoms with van der Waals surface area (Å²) >= 11 is 3.61. The highest BCUT2D eigenvalue weighted by Gasteiger charge is 1.94. The van der Waals surface area contributed by atoms with Crippen LogP contribution in [0, 0.1) is 8.98 Å². The molecule has 0 heterocycles. The van der Waals surface area contributed by atoms with Crippen molar-refractivity contribution < 1.29 is 0 Å². The van der Waals surface area contributed by atoms with Crippen LogP contribution in [0.5, 0.6) is 0 Å². The molecule has 1 aromatic carbocycles. The first kappa shape index (κ1) is 9.85. The maximum atomic E-state index is 7.03. The lowest BCUT2D eigenvalue weighted by atomic mass is 10.2. The molecule has 4 heteroatoms. The lowest BCUT2D eigenvalue weighted by Gasteiger charge is -1.99. The summed E-state index contributed by atoms with van der Waals surface area (Å²) in [4.78, 5) is 0. The second-order valence-corrected chi connectivity index (χ2v) is 4.54. The number of rotatable bonds is 2. The molecule has 1 rings (SSSR count). The van der Waals surface area contributed by atoms with Crippen LogP contribution in [0.4, 0.5) is 0 Å². The highest BCUT2D eigenvalue weighted by Crippen LogP contribution is 2.13. The lowest BCUT2D eigenvalue weighted by Crippen LogP contribution is -2.03. The monoisotopic (exact) mass is 292 g/mol.